The smallest absolute Gasteiger partial charge is 0.208 e. The third-order valence-corrected chi connectivity index (χ3v) is 3.90. The van der Waals surface area contributed by atoms with Crippen LogP contribution in [0.4, 0.5) is 10.8 Å². The first-order chi connectivity index (χ1) is 8.84. The Kier molecular flexibility index (Phi) is 3.12. The molecule has 1 aromatic heterocycles. The summed E-state index contributed by atoms with van der Waals surface area (Å²) < 4.78 is 5.33. The third kappa shape index (κ3) is 2.16. The second-order valence-corrected chi connectivity index (χ2v) is 5.03. The van der Waals surface area contributed by atoms with E-state index in [0.717, 1.165) is 47.7 Å². The fourth-order valence-corrected chi connectivity index (χ4v) is 2.84. The van der Waals surface area contributed by atoms with Gasteiger partial charge in [-0.05, 0) is 12.1 Å². The lowest BCUT2D eigenvalue weighted by Gasteiger charge is -2.25. The zero-order chi connectivity index (χ0) is 12.4. The molecule has 2 aromatic rings. The molecule has 18 heavy (non-hydrogen) atoms. The van der Waals surface area contributed by atoms with Gasteiger partial charge in [0.25, 0.3) is 0 Å². The minimum atomic E-state index is 0.738. The second kappa shape index (κ2) is 4.91. The van der Waals surface area contributed by atoms with Crippen molar-refractivity contribution in [2.45, 2.75) is 0 Å². The minimum absolute atomic E-state index is 0.738. The van der Waals surface area contributed by atoms with E-state index in [4.69, 9.17) is 10.5 Å². The van der Waals surface area contributed by atoms with Crippen LogP contribution in [-0.4, -0.2) is 36.5 Å². The summed E-state index contributed by atoms with van der Waals surface area (Å²) in [4.78, 5) is 2.20. The van der Waals surface area contributed by atoms with Gasteiger partial charge in [-0.15, -0.1) is 10.2 Å². The molecule has 6 heteroatoms. The van der Waals surface area contributed by atoms with Crippen molar-refractivity contribution >= 4 is 22.2 Å². The van der Waals surface area contributed by atoms with Crippen LogP contribution in [0.3, 0.4) is 0 Å². The van der Waals surface area contributed by atoms with Gasteiger partial charge in [0.1, 0.15) is 0 Å². The van der Waals surface area contributed by atoms with E-state index in [9.17, 15) is 0 Å². The molecule has 0 saturated carbocycles. The van der Waals surface area contributed by atoms with Crippen LogP contribution >= 0.6 is 11.3 Å². The number of hydrogen-bond acceptors (Lipinski definition) is 6. The molecule has 5 nitrogen and oxygen atoms in total. The molecule has 0 unspecified atom stereocenters. The quantitative estimate of drug-likeness (QED) is 0.833. The standard InChI is InChI=1S/C12H14N4OS/c13-10-4-2-1-3-9(10)11-14-15-12(18-11)16-5-7-17-8-6-16/h1-4H,5-8,13H2. The predicted molar refractivity (Wildman–Crippen MR) is 72.8 cm³/mol. The molecule has 0 bridgehead atoms. The average Bonchev–Trinajstić information content (AvgIpc) is 2.90. The van der Waals surface area contributed by atoms with Gasteiger partial charge in [0.05, 0.1) is 13.2 Å². The maximum absolute atomic E-state index is 5.95. The summed E-state index contributed by atoms with van der Waals surface area (Å²) in [5, 5.41) is 10.3. The van der Waals surface area contributed by atoms with Gasteiger partial charge in [0.15, 0.2) is 5.01 Å². The van der Waals surface area contributed by atoms with Gasteiger partial charge in [-0.1, -0.05) is 23.5 Å². The van der Waals surface area contributed by atoms with Crippen LogP contribution < -0.4 is 10.6 Å². The Labute approximate surface area is 109 Å². The van der Waals surface area contributed by atoms with Crippen LogP contribution in [-0.2, 0) is 4.74 Å². The molecule has 0 amide bonds. The molecule has 2 N–H and O–H groups in total. The highest BCUT2D eigenvalue weighted by Crippen LogP contribution is 2.32. The summed E-state index contributed by atoms with van der Waals surface area (Å²) in [7, 11) is 0. The molecule has 1 aliphatic heterocycles. The Bertz CT molecular complexity index is 536. The number of aromatic nitrogens is 2. The van der Waals surface area contributed by atoms with Gasteiger partial charge in [0.2, 0.25) is 5.13 Å². The first-order valence-corrected chi connectivity index (χ1v) is 6.67. The largest absolute Gasteiger partial charge is 0.398 e. The highest BCUT2D eigenvalue weighted by Gasteiger charge is 2.16. The molecular weight excluding hydrogens is 248 g/mol. The van der Waals surface area contributed by atoms with Gasteiger partial charge in [-0.3, -0.25) is 0 Å². The normalized spacial score (nSPS) is 15.9. The van der Waals surface area contributed by atoms with Crippen LogP contribution in [0.25, 0.3) is 10.6 Å². The molecule has 0 radical (unpaired) electrons. The molecule has 0 spiro atoms. The van der Waals surface area contributed by atoms with Gasteiger partial charge >= 0.3 is 0 Å². The first-order valence-electron chi connectivity index (χ1n) is 5.85. The van der Waals surface area contributed by atoms with E-state index < -0.39 is 0 Å². The van der Waals surface area contributed by atoms with Gasteiger partial charge in [-0.25, -0.2) is 0 Å². The van der Waals surface area contributed by atoms with Crippen molar-refractivity contribution in [2.24, 2.45) is 0 Å². The van der Waals surface area contributed by atoms with Crippen molar-refractivity contribution in [3.63, 3.8) is 0 Å². The molecule has 1 fully saturated rings. The Morgan fingerprint density at radius 2 is 1.94 bits per heavy atom. The third-order valence-electron chi connectivity index (χ3n) is 2.89. The average molecular weight is 262 g/mol. The van der Waals surface area contributed by atoms with Crippen molar-refractivity contribution in [1.29, 1.82) is 0 Å². The predicted octanol–water partition coefficient (Wildman–Crippen LogP) is 1.62. The fourth-order valence-electron chi connectivity index (χ4n) is 1.90. The topological polar surface area (TPSA) is 64.3 Å². The number of nitrogens with zero attached hydrogens (tertiary/aromatic N) is 3. The highest BCUT2D eigenvalue weighted by molar-refractivity contribution is 7.18. The van der Waals surface area contributed by atoms with E-state index in [1.807, 2.05) is 24.3 Å². The zero-order valence-electron chi connectivity index (χ0n) is 9.87. The maximum Gasteiger partial charge on any atom is 0.208 e. The molecule has 94 valence electrons. The fraction of sp³-hybridized carbons (Fsp3) is 0.333. The van der Waals surface area contributed by atoms with Crippen LogP contribution in [0.5, 0.6) is 0 Å². The lowest BCUT2D eigenvalue weighted by Crippen LogP contribution is -2.36. The lowest BCUT2D eigenvalue weighted by molar-refractivity contribution is 0.122. The van der Waals surface area contributed by atoms with Crippen molar-refractivity contribution in [2.75, 3.05) is 36.9 Å². The van der Waals surface area contributed by atoms with Crippen molar-refractivity contribution in [3.05, 3.63) is 24.3 Å². The van der Waals surface area contributed by atoms with Crippen LogP contribution in [0.1, 0.15) is 0 Å². The lowest BCUT2D eigenvalue weighted by atomic mass is 10.2. The number of anilines is 2. The molecular formula is C12H14N4OS. The van der Waals surface area contributed by atoms with Crippen molar-refractivity contribution in [3.8, 4) is 10.6 Å². The van der Waals surface area contributed by atoms with Crippen LogP contribution in [0, 0.1) is 0 Å². The molecule has 1 aliphatic rings. The van der Waals surface area contributed by atoms with Gasteiger partial charge in [0, 0.05) is 24.3 Å². The summed E-state index contributed by atoms with van der Waals surface area (Å²) in [5.74, 6) is 0. The summed E-state index contributed by atoms with van der Waals surface area (Å²) >= 11 is 1.57. The molecule has 3 rings (SSSR count). The molecule has 1 aromatic carbocycles. The van der Waals surface area contributed by atoms with Gasteiger partial charge in [-0.2, -0.15) is 0 Å². The van der Waals surface area contributed by atoms with E-state index in [2.05, 4.69) is 15.1 Å². The van der Waals surface area contributed by atoms with E-state index in [0.29, 0.717) is 0 Å². The number of hydrogen-bond donors (Lipinski definition) is 1. The molecule has 0 aliphatic carbocycles. The van der Waals surface area contributed by atoms with Crippen molar-refractivity contribution < 1.29 is 4.74 Å². The molecule has 0 atom stereocenters. The Balaban J connectivity index is 1.87. The van der Waals surface area contributed by atoms with E-state index in [1.54, 1.807) is 11.3 Å². The van der Waals surface area contributed by atoms with Crippen LogP contribution in [0.2, 0.25) is 0 Å². The SMILES string of the molecule is Nc1ccccc1-c1nnc(N2CCOCC2)s1. The Morgan fingerprint density at radius 3 is 2.72 bits per heavy atom. The first kappa shape index (κ1) is 11.4. The zero-order valence-corrected chi connectivity index (χ0v) is 10.7. The molecule has 1 saturated heterocycles. The number of nitrogen functional groups attached to an aromatic ring is 1. The van der Waals surface area contributed by atoms with Crippen LogP contribution in [0.15, 0.2) is 24.3 Å². The summed E-state index contributed by atoms with van der Waals surface area (Å²) in [6.07, 6.45) is 0. The summed E-state index contributed by atoms with van der Waals surface area (Å²) in [5.41, 5.74) is 7.64. The number of morpholine rings is 1. The molecule has 2 heterocycles. The van der Waals surface area contributed by atoms with E-state index in [1.165, 1.54) is 0 Å². The number of rotatable bonds is 2. The highest BCUT2D eigenvalue weighted by atomic mass is 32.1. The number of para-hydroxylation sites is 1. The monoisotopic (exact) mass is 262 g/mol. The Hall–Kier alpha value is -1.66. The maximum atomic E-state index is 5.95. The number of nitrogens with two attached hydrogens (primary N) is 1. The van der Waals surface area contributed by atoms with E-state index in [-0.39, 0.29) is 0 Å². The van der Waals surface area contributed by atoms with Gasteiger partial charge < -0.3 is 15.4 Å². The Morgan fingerprint density at radius 1 is 1.17 bits per heavy atom. The minimum Gasteiger partial charge on any atom is -0.398 e. The number of benzene rings is 1. The number of ether oxygens (including phenoxy) is 1. The summed E-state index contributed by atoms with van der Waals surface area (Å²) in [6, 6.07) is 7.73. The van der Waals surface area contributed by atoms with Crippen molar-refractivity contribution in [1.82, 2.24) is 10.2 Å². The van der Waals surface area contributed by atoms with E-state index >= 15 is 0 Å². The second-order valence-electron chi connectivity index (χ2n) is 4.08. The summed E-state index contributed by atoms with van der Waals surface area (Å²) in [6.45, 7) is 3.25.